The molecular weight excluding hydrogens is 248 g/mol. The van der Waals surface area contributed by atoms with Crippen molar-refractivity contribution in [3.63, 3.8) is 0 Å². The highest BCUT2D eigenvalue weighted by molar-refractivity contribution is 5.96. The van der Waals surface area contributed by atoms with Gasteiger partial charge in [-0.25, -0.2) is 4.79 Å². The molecule has 2 unspecified atom stereocenters. The van der Waals surface area contributed by atoms with E-state index in [0.717, 1.165) is 0 Å². The summed E-state index contributed by atoms with van der Waals surface area (Å²) in [6, 6.07) is 6.05. The van der Waals surface area contributed by atoms with Crippen LogP contribution in [0.5, 0.6) is 0 Å². The van der Waals surface area contributed by atoms with Gasteiger partial charge in [0.2, 0.25) is 5.91 Å². The van der Waals surface area contributed by atoms with E-state index < -0.39 is 12.1 Å². The Labute approximate surface area is 110 Å². The van der Waals surface area contributed by atoms with E-state index in [2.05, 4.69) is 15.4 Å². The predicted octanol–water partition coefficient (Wildman–Crippen LogP) is 0.134. The van der Waals surface area contributed by atoms with Crippen molar-refractivity contribution in [1.29, 1.82) is 0 Å². The van der Waals surface area contributed by atoms with E-state index in [-0.39, 0.29) is 11.9 Å². The largest absolute Gasteiger partial charge is 0.465 e. The third-order valence-electron chi connectivity index (χ3n) is 3.00. The van der Waals surface area contributed by atoms with Gasteiger partial charge in [-0.3, -0.25) is 4.79 Å². The molecule has 6 nitrogen and oxygen atoms in total. The third kappa shape index (κ3) is 3.30. The normalized spacial score (nSPS) is 22.0. The molecule has 2 atom stereocenters. The zero-order chi connectivity index (χ0) is 13.8. The van der Waals surface area contributed by atoms with E-state index in [0.29, 0.717) is 24.2 Å². The van der Waals surface area contributed by atoms with Gasteiger partial charge in [-0.05, 0) is 30.7 Å². The van der Waals surface area contributed by atoms with Crippen LogP contribution in [0.4, 0.5) is 5.69 Å². The summed E-state index contributed by atoms with van der Waals surface area (Å²) in [4.78, 5) is 23.1. The van der Waals surface area contributed by atoms with Crippen LogP contribution in [-0.4, -0.2) is 42.8 Å². The number of aliphatic hydroxyl groups is 1. The molecule has 0 spiro atoms. The Kier molecular flexibility index (Phi) is 4.13. The fraction of sp³-hybridized carbons (Fsp3) is 0.385. The molecule has 1 aromatic carbocycles. The number of anilines is 1. The Morgan fingerprint density at radius 1 is 1.37 bits per heavy atom. The molecule has 0 bridgehead atoms. The molecule has 1 amide bonds. The number of carbonyl (C=O) groups excluding carboxylic acids is 2. The molecule has 3 N–H and O–H groups in total. The summed E-state index contributed by atoms with van der Waals surface area (Å²) in [5, 5.41) is 15.0. The molecule has 1 heterocycles. The van der Waals surface area contributed by atoms with Crippen LogP contribution in [0, 0.1) is 0 Å². The predicted molar refractivity (Wildman–Crippen MR) is 68.8 cm³/mol. The van der Waals surface area contributed by atoms with Crippen LogP contribution in [0.3, 0.4) is 0 Å². The Morgan fingerprint density at radius 2 is 2.05 bits per heavy atom. The molecule has 102 valence electrons. The van der Waals surface area contributed by atoms with Crippen LogP contribution in [0.2, 0.25) is 0 Å². The summed E-state index contributed by atoms with van der Waals surface area (Å²) >= 11 is 0. The number of methoxy groups -OCH3 is 1. The van der Waals surface area contributed by atoms with Crippen LogP contribution < -0.4 is 10.6 Å². The number of hydrogen-bond acceptors (Lipinski definition) is 5. The minimum atomic E-state index is -0.475. The van der Waals surface area contributed by atoms with E-state index in [1.165, 1.54) is 7.11 Å². The van der Waals surface area contributed by atoms with E-state index >= 15 is 0 Å². The standard InChI is InChI=1S/C13H16N2O4/c1-19-13(18)8-2-4-9(5-3-8)15-12(17)11-6-10(16)7-14-11/h2-5,10-11,14,16H,6-7H2,1H3,(H,15,17). The molecule has 0 aromatic heterocycles. The van der Waals surface area contributed by atoms with E-state index in [1.807, 2.05) is 0 Å². The Morgan fingerprint density at radius 3 is 2.58 bits per heavy atom. The van der Waals surface area contributed by atoms with Crippen molar-refractivity contribution in [1.82, 2.24) is 5.32 Å². The number of esters is 1. The first-order valence-corrected chi connectivity index (χ1v) is 6.01. The van der Waals surface area contributed by atoms with Gasteiger partial charge in [-0.15, -0.1) is 0 Å². The molecule has 1 aliphatic rings. The topological polar surface area (TPSA) is 87.7 Å². The van der Waals surface area contributed by atoms with Crippen LogP contribution >= 0.6 is 0 Å². The molecule has 1 aliphatic heterocycles. The Bertz CT molecular complexity index is 472. The van der Waals surface area contributed by atoms with Gasteiger partial charge < -0.3 is 20.5 Å². The minimum Gasteiger partial charge on any atom is -0.465 e. The maximum absolute atomic E-state index is 11.9. The molecule has 0 aliphatic carbocycles. The van der Waals surface area contributed by atoms with Crippen molar-refractivity contribution in [3.05, 3.63) is 29.8 Å². The lowest BCUT2D eigenvalue weighted by Gasteiger charge is -2.11. The van der Waals surface area contributed by atoms with Gasteiger partial charge in [-0.2, -0.15) is 0 Å². The number of rotatable bonds is 3. The molecule has 6 heteroatoms. The summed E-state index contributed by atoms with van der Waals surface area (Å²) in [7, 11) is 1.31. The summed E-state index contributed by atoms with van der Waals surface area (Å²) in [5.41, 5.74) is 1.02. The highest BCUT2D eigenvalue weighted by atomic mass is 16.5. The number of ether oxygens (including phenoxy) is 1. The van der Waals surface area contributed by atoms with Gasteiger partial charge in [0.05, 0.1) is 24.8 Å². The molecular formula is C13H16N2O4. The van der Waals surface area contributed by atoms with Crippen molar-refractivity contribution in [3.8, 4) is 0 Å². The first-order valence-electron chi connectivity index (χ1n) is 6.01. The lowest BCUT2D eigenvalue weighted by atomic mass is 10.1. The zero-order valence-corrected chi connectivity index (χ0v) is 10.6. The van der Waals surface area contributed by atoms with Gasteiger partial charge in [0.25, 0.3) is 0 Å². The van der Waals surface area contributed by atoms with E-state index in [9.17, 15) is 14.7 Å². The number of hydrogen-bond donors (Lipinski definition) is 3. The third-order valence-corrected chi connectivity index (χ3v) is 3.00. The summed E-state index contributed by atoms with van der Waals surface area (Å²) in [6.45, 7) is 0.430. The number of β-amino-alcohol motifs (C(OH)–C–C–N with tert-alkyl or cyclic N) is 1. The van der Waals surface area contributed by atoms with Crippen molar-refractivity contribution < 1.29 is 19.4 Å². The van der Waals surface area contributed by atoms with Crippen LogP contribution in [0.15, 0.2) is 24.3 Å². The first-order chi connectivity index (χ1) is 9.10. The van der Waals surface area contributed by atoms with Crippen molar-refractivity contribution in [2.45, 2.75) is 18.6 Å². The number of aliphatic hydroxyl groups excluding tert-OH is 1. The fourth-order valence-corrected chi connectivity index (χ4v) is 1.95. The fourth-order valence-electron chi connectivity index (χ4n) is 1.95. The zero-order valence-electron chi connectivity index (χ0n) is 10.6. The minimum absolute atomic E-state index is 0.192. The monoisotopic (exact) mass is 264 g/mol. The summed E-state index contributed by atoms with van der Waals surface area (Å²) < 4.78 is 4.59. The van der Waals surface area contributed by atoms with Crippen LogP contribution in [-0.2, 0) is 9.53 Å². The molecule has 0 radical (unpaired) electrons. The van der Waals surface area contributed by atoms with Gasteiger partial charge >= 0.3 is 5.97 Å². The average Bonchev–Trinajstić information content (AvgIpc) is 2.85. The first kappa shape index (κ1) is 13.5. The maximum Gasteiger partial charge on any atom is 0.337 e. The Balaban J connectivity index is 1.96. The maximum atomic E-state index is 11.9. The number of nitrogens with one attached hydrogen (secondary N) is 2. The van der Waals surface area contributed by atoms with Gasteiger partial charge in [0.1, 0.15) is 0 Å². The lowest BCUT2D eigenvalue weighted by Crippen LogP contribution is -2.35. The second kappa shape index (κ2) is 5.81. The second-order valence-corrected chi connectivity index (χ2v) is 4.41. The van der Waals surface area contributed by atoms with Crippen molar-refractivity contribution in [2.75, 3.05) is 19.0 Å². The Hall–Kier alpha value is -1.92. The quantitative estimate of drug-likeness (QED) is 0.676. The average molecular weight is 264 g/mol. The van der Waals surface area contributed by atoms with Crippen molar-refractivity contribution in [2.24, 2.45) is 0 Å². The number of amides is 1. The van der Waals surface area contributed by atoms with Crippen LogP contribution in [0.1, 0.15) is 16.8 Å². The van der Waals surface area contributed by atoms with Gasteiger partial charge in [0, 0.05) is 12.2 Å². The SMILES string of the molecule is COC(=O)c1ccc(NC(=O)C2CC(O)CN2)cc1. The number of benzene rings is 1. The summed E-state index contributed by atoms with van der Waals surface area (Å²) in [5.74, 6) is -0.610. The summed E-state index contributed by atoms with van der Waals surface area (Å²) in [6.07, 6.45) is -0.0658. The molecule has 1 aromatic rings. The lowest BCUT2D eigenvalue weighted by molar-refractivity contribution is -0.117. The van der Waals surface area contributed by atoms with Gasteiger partial charge in [-0.1, -0.05) is 0 Å². The highest BCUT2D eigenvalue weighted by Gasteiger charge is 2.27. The molecule has 1 saturated heterocycles. The number of carbonyl (C=O) groups is 2. The second-order valence-electron chi connectivity index (χ2n) is 4.41. The molecule has 1 fully saturated rings. The van der Waals surface area contributed by atoms with Crippen molar-refractivity contribution >= 4 is 17.6 Å². The molecule has 19 heavy (non-hydrogen) atoms. The molecule has 0 saturated carbocycles. The van der Waals surface area contributed by atoms with Crippen LogP contribution in [0.25, 0.3) is 0 Å². The molecule has 2 rings (SSSR count). The van der Waals surface area contributed by atoms with E-state index in [4.69, 9.17) is 0 Å². The highest BCUT2D eigenvalue weighted by Crippen LogP contribution is 2.13. The van der Waals surface area contributed by atoms with Gasteiger partial charge in [0.15, 0.2) is 0 Å². The smallest absolute Gasteiger partial charge is 0.337 e. The van der Waals surface area contributed by atoms with E-state index in [1.54, 1.807) is 24.3 Å².